The van der Waals surface area contributed by atoms with Crippen molar-refractivity contribution in [2.75, 3.05) is 55.6 Å². The molecule has 46 heavy (non-hydrogen) atoms. The van der Waals surface area contributed by atoms with Crippen molar-refractivity contribution in [3.8, 4) is 51.4 Å². The number of benzene rings is 4. The molecule has 4 aromatic carbocycles. The van der Waals surface area contributed by atoms with Gasteiger partial charge in [0, 0.05) is 36.3 Å². The van der Waals surface area contributed by atoms with E-state index in [2.05, 4.69) is 54.2 Å². The fourth-order valence-corrected chi connectivity index (χ4v) is 7.55. The number of rotatable bonds is 4. The van der Waals surface area contributed by atoms with Crippen LogP contribution in [0.4, 0.5) is 0 Å². The highest BCUT2D eigenvalue weighted by molar-refractivity contribution is 5.75. The van der Waals surface area contributed by atoms with Crippen molar-refractivity contribution in [3.63, 3.8) is 0 Å². The zero-order valence-corrected chi connectivity index (χ0v) is 27.5. The van der Waals surface area contributed by atoms with Gasteiger partial charge in [-0.05, 0) is 116 Å². The number of methoxy groups -OCH3 is 4. The van der Waals surface area contributed by atoms with Crippen LogP contribution in [0, 0.1) is 0 Å². The van der Waals surface area contributed by atoms with Crippen LogP contribution in [0.25, 0.3) is 11.1 Å². The van der Waals surface area contributed by atoms with Crippen molar-refractivity contribution in [2.24, 2.45) is 0 Å². The molecule has 3 heterocycles. The summed E-state index contributed by atoms with van der Waals surface area (Å²) in [4.78, 5) is 4.78. The van der Waals surface area contributed by atoms with Gasteiger partial charge < -0.3 is 28.8 Å². The minimum atomic E-state index is -0.0522. The maximum atomic E-state index is 11.3. The molecule has 1 N–H and O–H groups in total. The van der Waals surface area contributed by atoms with Crippen molar-refractivity contribution in [1.29, 1.82) is 0 Å². The smallest absolute Gasteiger partial charge is 0.204 e. The first-order chi connectivity index (χ1) is 22.3. The third kappa shape index (κ3) is 5.10. The Balaban J connectivity index is 1.54. The van der Waals surface area contributed by atoms with Crippen LogP contribution in [0.15, 0.2) is 54.6 Å². The number of aromatic hydroxyl groups is 1. The van der Waals surface area contributed by atoms with E-state index in [4.69, 9.17) is 23.7 Å². The lowest BCUT2D eigenvalue weighted by atomic mass is 9.85. The molecule has 4 aromatic rings. The molecule has 0 aliphatic carbocycles. The number of phenols is 1. The third-order valence-corrected chi connectivity index (χ3v) is 10.1. The topological polar surface area (TPSA) is 72.9 Å². The first kappa shape index (κ1) is 30.3. The lowest BCUT2D eigenvalue weighted by molar-refractivity contribution is 0.220. The second-order valence-electron chi connectivity index (χ2n) is 12.6. The lowest BCUT2D eigenvalue weighted by Gasteiger charge is -2.37. The molecular weight excluding hydrogens is 580 g/mol. The molecule has 0 radical (unpaired) electrons. The molecule has 240 valence electrons. The Morgan fingerprint density at radius 3 is 2.17 bits per heavy atom. The van der Waals surface area contributed by atoms with Crippen LogP contribution in [0.3, 0.4) is 0 Å². The van der Waals surface area contributed by atoms with Gasteiger partial charge in [0.25, 0.3) is 0 Å². The van der Waals surface area contributed by atoms with Crippen molar-refractivity contribution >= 4 is 0 Å². The van der Waals surface area contributed by atoms with E-state index in [9.17, 15) is 5.11 Å². The van der Waals surface area contributed by atoms with Crippen LogP contribution in [0.5, 0.6) is 40.2 Å². The van der Waals surface area contributed by atoms with Crippen LogP contribution < -0.4 is 23.7 Å². The fourth-order valence-electron chi connectivity index (χ4n) is 7.55. The van der Waals surface area contributed by atoms with Gasteiger partial charge in [0.15, 0.2) is 23.0 Å². The van der Waals surface area contributed by atoms with E-state index in [1.807, 2.05) is 24.3 Å². The highest BCUT2D eigenvalue weighted by Gasteiger charge is 2.35. The quantitative estimate of drug-likeness (QED) is 0.268. The molecule has 0 spiro atoms. The summed E-state index contributed by atoms with van der Waals surface area (Å²) in [6.07, 6.45) is 3.19. The summed E-state index contributed by atoms with van der Waals surface area (Å²) in [5, 5.41) is 11.3. The van der Waals surface area contributed by atoms with Gasteiger partial charge in [0.1, 0.15) is 11.5 Å². The van der Waals surface area contributed by atoms with E-state index in [1.165, 1.54) is 11.1 Å². The monoisotopic (exact) mass is 622 g/mol. The van der Waals surface area contributed by atoms with Crippen LogP contribution >= 0.6 is 0 Å². The van der Waals surface area contributed by atoms with Gasteiger partial charge in [0.2, 0.25) is 5.75 Å². The largest absolute Gasteiger partial charge is 0.507 e. The summed E-state index contributed by atoms with van der Waals surface area (Å²) < 4.78 is 30.6. The molecule has 0 fully saturated rings. The molecule has 0 unspecified atom stereocenters. The lowest BCUT2D eigenvalue weighted by Crippen LogP contribution is -2.34. The average Bonchev–Trinajstić information content (AvgIpc) is 3.07. The first-order valence-electron chi connectivity index (χ1n) is 15.9. The number of ether oxygens (including phenoxy) is 5. The number of likely N-dealkylation sites (N-methyl/N-ethyl adjacent to an activating group) is 2. The number of phenolic OH excluding ortho intramolecular Hbond substituents is 1. The van der Waals surface area contributed by atoms with E-state index in [-0.39, 0.29) is 17.8 Å². The molecule has 3 aliphatic rings. The van der Waals surface area contributed by atoms with E-state index in [0.29, 0.717) is 35.2 Å². The minimum absolute atomic E-state index is 0.0522. The van der Waals surface area contributed by atoms with E-state index >= 15 is 0 Å². The first-order valence-corrected chi connectivity index (χ1v) is 15.9. The second-order valence-corrected chi connectivity index (χ2v) is 12.6. The number of nitrogens with zero attached hydrogens (tertiary/aromatic N) is 2. The molecule has 3 aliphatic heterocycles. The van der Waals surface area contributed by atoms with Gasteiger partial charge in [-0.3, -0.25) is 9.80 Å². The Hall–Kier alpha value is -4.40. The van der Waals surface area contributed by atoms with Gasteiger partial charge in [-0.2, -0.15) is 0 Å². The number of hydrogen-bond acceptors (Lipinski definition) is 8. The van der Waals surface area contributed by atoms with Gasteiger partial charge in [-0.25, -0.2) is 0 Å². The summed E-state index contributed by atoms with van der Waals surface area (Å²) >= 11 is 0. The van der Waals surface area contributed by atoms with Gasteiger partial charge in [-0.15, -0.1) is 0 Å². The Morgan fingerprint density at radius 1 is 0.696 bits per heavy atom. The number of fused-ring (bicyclic) bond motifs is 5. The summed E-state index contributed by atoms with van der Waals surface area (Å²) in [5.41, 5.74) is 8.69. The maximum absolute atomic E-state index is 11.3. The highest BCUT2D eigenvalue weighted by Crippen LogP contribution is 2.52. The van der Waals surface area contributed by atoms with E-state index in [0.717, 1.165) is 71.5 Å². The van der Waals surface area contributed by atoms with Crippen LogP contribution in [-0.4, -0.2) is 70.5 Å². The highest BCUT2D eigenvalue weighted by atomic mass is 16.5. The van der Waals surface area contributed by atoms with Crippen molar-refractivity contribution in [1.82, 2.24) is 9.80 Å². The Labute approximate surface area is 271 Å². The summed E-state index contributed by atoms with van der Waals surface area (Å²) in [7, 11) is 11.0. The van der Waals surface area contributed by atoms with Crippen molar-refractivity contribution in [3.05, 3.63) is 88.0 Å². The molecule has 4 bridgehead atoms. The molecule has 8 nitrogen and oxygen atoms in total. The van der Waals surface area contributed by atoms with Crippen molar-refractivity contribution in [2.45, 2.75) is 37.8 Å². The third-order valence-electron chi connectivity index (χ3n) is 10.1. The van der Waals surface area contributed by atoms with Crippen LogP contribution in [0.1, 0.15) is 45.5 Å². The van der Waals surface area contributed by atoms with E-state index in [1.54, 1.807) is 28.4 Å². The summed E-state index contributed by atoms with van der Waals surface area (Å²) in [5.74, 6) is 4.16. The van der Waals surface area contributed by atoms with Crippen LogP contribution in [0.2, 0.25) is 0 Å². The number of hydrogen-bond donors (Lipinski definition) is 1. The molecule has 0 saturated heterocycles. The van der Waals surface area contributed by atoms with E-state index < -0.39 is 0 Å². The van der Waals surface area contributed by atoms with Crippen molar-refractivity contribution < 1.29 is 28.8 Å². The molecular formula is C38H42N2O6. The molecule has 8 heteroatoms. The zero-order valence-electron chi connectivity index (χ0n) is 27.5. The molecule has 2 atom stereocenters. The van der Waals surface area contributed by atoms with Crippen LogP contribution in [-0.2, 0) is 25.7 Å². The maximum Gasteiger partial charge on any atom is 0.204 e. The van der Waals surface area contributed by atoms with Gasteiger partial charge >= 0.3 is 0 Å². The second kappa shape index (κ2) is 12.1. The fraction of sp³-hybridized carbons (Fsp3) is 0.368. The zero-order chi connectivity index (χ0) is 32.1. The average molecular weight is 623 g/mol. The van der Waals surface area contributed by atoms with Gasteiger partial charge in [0.05, 0.1) is 28.4 Å². The molecule has 0 aromatic heterocycles. The van der Waals surface area contributed by atoms with Gasteiger partial charge in [-0.1, -0.05) is 12.1 Å². The SMILES string of the molecule is COc1ccc2c(c1)-c1cc(ccc1O)C[C@@H]1c3cc(c(OC)cc3CCN1C)Oc1c(OC)c(OC)cc3c1[C@H](C2)N(C)CC3. The standard InChI is InChI=1S/C38H42N2O6/c1-39-13-11-24-18-33(43-4)34-21-28(24)30(39)16-22-7-10-32(41)29(15-22)27-20-26(42-3)9-8-23(27)17-31-36-25(12-14-40(31)2)19-35(44-5)37(45-6)38(36)46-34/h7-10,15,18-21,30-31,41H,11-14,16-17H2,1-6H3/t30-,31+/m1/s1. The minimum Gasteiger partial charge on any atom is -0.507 e. The molecule has 7 rings (SSSR count). The normalized spacial score (nSPS) is 19.1. The Morgan fingerprint density at radius 2 is 1.43 bits per heavy atom. The summed E-state index contributed by atoms with van der Waals surface area (Å²) in [6, 6.07) is 18.6. The Bertz CT molecular complexity index is 1800. The molecule has 0 saturated carbocycles. The predicted octanol–water partition coefficient (Wildman–Crippen LogP) is 6.74. The Kier molecular flexibility index (Phi) is 7.95. The predicted molar refractivity (Wildman–Crippen MR) is 178 cm³/mol. The summed E-state index contributed by atoms with van der Waals surface area (Å²) in [6.45, 7) is 1.80. The molecule has 0 amide bonds.